The molecule has 1 amide bonds. The second kappa shape index (κ2) is 8.89. The van der Waals surface area contributed by atoms with Gasteiger partial charge in [-0.1, -0.05) is 24.3 Å². The van der Waals surface area contributed by atoms with Crippen LogP contribution in [0.25, 0.3) is 6.08 Å². The van der Waals surface area contributed by atoms with E-state index in [4.69, 9.17) is 14.7 Å². The van der Waals surface area contributed by atoms with E-state index in [1.54, 1.807) is 36.4 Å². The van der Waals surface area contributed by atoms with Crippen LogP contribution < -0.4 is 10.1 Å². The van der Waals surface area contributed by atoms with Gasteiger partial charge in [0.2, 0.25) is 0 Å². The molecule has 2 aromatic rings. The average molecular weight is 336 g/mol. The number of nitrogens with zero attached hydrogens (tertiary/aromatic N) is 1. The number of hydrogen-bond acceptors (Lipinski definition) is 5. The van der Waals surface area contributed by atoms with Crippen molar-refractivity contribution >= 4 is 23.6 Å². The molecule has 25 heavy (non-hydrogen) atoms. The van der Waals surface area contributed by atoms with Crippen LogP contribution in [0.2, 0.25) is 0 Å². The number of methoxy groups -OCH3 is 1. The minimum Gasteiger partial charge on any atom is -0.496 e. The number of para-hydroxylation sites is 1. The Balaban J connectivity index is 1.86. The molecule has 0 aliphatic rings. The molecule has 0 bridgehead atoms. The molecule has 1 N–H and O–H groups in total. The van der Waals surface area contributed by atoms with Crippen LogP contribution in [0.1, 0.15) is 11.1 Å². The van der Waals surface area contributed by atoms with Crippen LogP contribution in [0, 0.1) is 11.3 Å². The van der Waals surface area contributed by atoms with E-state index in [1.807, 2.05) is 18.2 Å². The van der Waals surface area contributed by atoms with Crippen molar-refractivity contribution in [3.63, 3.8) is 0 Å². The van der Waals surface area contributed by atoms with E-state index < -0.39 is 18.5 Å². The van der Waals surface area contributed by atoms with Gasteiger partial charge in [-0.15, -0.1) is 0 Å². The van der Waals surface area contributed by atoms with Crippen molar-refractivity contribution in [3.05, 3.63) is 65.7 Å². The van der Waals surface area contributed by atoms with Crippen molar-refractivity contribution in [2.75, 3.05) is 19.0 Å². The van der Waals surface area contributed by atoms with E-state index in [9.17, 15) is 9.59 Å². The highest BCUT2D eigenvalue weighted by Crippen LogP contribution is 2.18. The topological polar surface area (TPSA) is 88.4 Å². The summed E-state index contributed by atoms with van der Waals surface area (Å²) in [6.07, 6.45) is 2.77. The number of ether oxygens (including phenoxy) is 2. The first-order chi connectivity index (χ1) is 12.1. The van der Waals surface area contributed by atoms with E-state index in [-0.39, 0.29) is 0 Å². The third kappa shape index (κ3) is 5.52. The van der Waals surface area contributed by atoms with Gasteiger partial charge in [-0.2, -0.15) is 5.26 Å². The largest absolute Gasteiger partial charge is 0.496 e. The van der Waals surface area contributed by atoms with Gasteiger partial charge in [0.05, 0.1) is 18.7 Å². The molecule has 2 rings (SSSR count). The molecule has 0 fully saturated rings. The maximum atomic E-state index is 11.8. The van der Waals surface area contributed by atoms with Crippen LogP contribution in [-0.4, -0.2) is 25.6 Å². The second-order valence-corrected chi connectivity index (χ2v) is 4.92. The highest BCUT2D eigenvalue weighted by Gasteiger charge is 2.06. The zero-order chi connectivity index (χ0) is 18.1. The van der Waals surface area contributed by atoms with Gasteiger partial charge >= 0.3 is 5.97 Å². The molecule has 0 aliphatic carbocycles. The summed E-state index contributed by atoms with van der Waals surface area (Å²) >= 11 is 0. The predicted octanol–water partition coefficient (Wildman–Crippen LogP) is 2.76. The molecule has 126 valence electrons. The van der Waals surface area contributed by atoms with Crippen LogP contribution in [0.5, 0.6) is 5.75 Å². The summed E-state index contributed by atoms with van der Waals surface area (Å²) in [6, 6.07) is 15.6. The van der Waals surface area contributed by atoms with Crippen molar-refractivity contribution in [3.8, 4) is 11.8 Å². The summed E-state index contributed by atoms with van der Waals surface area (Å²) in [5.41, 5.74) is 1.61. The molecule has 0 spiro atoms. The molecule has 0 heterocycles. The number of nitrogens with one attached hydrogen (secondary N) is 1. The molecule has 0 aromatic heterocycles. The fourth-order valence-corrected chi connectivity index (χ4v) is 2.01. The minimum atomic E-state index is -0.646. The van der Waals surface area contributed by atoms with E-state index in [1.165, 1.54) is 19.3 Å². The van der Waals surface area contributed by atoms with Gasteiger partial charge in [0.1, 0.15) is 5.75 Å². The second-order valence-electron chi connectivity index (χ2n) is 4.92. The van der Waals surface area contributed by atoms with Gasteiger partial charge in [-0.25, -0.2) is 4.79 Å². The number of hydrogen-bond donors (Lipinski definition) is 1. The lowest BCUT2D eigenvalue weighted by Crippen LogP contribution is -2.20. The predicted molar refractivity (Wildman–Crippen MR) is 92.8 cm³/mol. The van der Waals surface area contributed by atoms with Gasteiger partial charge in [-0.3, -0.25) is 4.79 Å². The quantitative estimate of drug-likeness (QED) is 0.647. The number of carbonyl (C=O) groups excluding carboxylic acids is 2. The summed E-state index contributed by atoms with van der Waals surface area (Å²) in [5, 5.41) is 11.4. The Morgan fingerprint density at radius 3 is 2.76 bits per heavy atom. The summed E-state index contributed by atoms with van der Waals surface area (Å²) in [6.45, 7) is -0.425. The summed E-state index contributed by atoms with van der Waals surface area (Å²) in [7, 11) is 1.54. The van der Waals surface area contributed by atoms with Crippen LogP contribution in [0.3, 0.4) is 0 Å². The number of carbonyl (C=O) groups is 2. The zero-order valence-electron chi connectivity index (χ0n) is 13.6. The van der Waals surface area contributed by atoms with Crippen LogP contribution >= 0.6 is 0 Å². The van der Waals surface area contributed by atoms with E-state index in [0.29, 0.717) is 17.0 Å². The molecule has 0 saturated carbocycles. The fourth-order valence-electron chi connectivity index (χ4n) is 2.01. The number of anilines is 1. The summed E-state index contributed by atoms with van der Waals surface area (Å²) in [4.78, 5) is 23.5. The van der Waals surface area contributed by atoms with Crippen molar-refractivity contribution < 1.29 is 19.1 Å². The van der Waals surface area contributed by atoms with Gasteiger partial charge < -0.3 is 14.8 Å². The lowest BCUT2D eigenvalue weighted by Gasteiger charge is -2.06. The van der Waals surface area contributed by atoms with Gasteiger partial charge in [0, 0.05) is 17.3 Å². The molecule has 2 aromatic carbocycles. The summed E-state index contributed by atoms with van der Waals surface area (Å²) in [5.74, 6) is -0.511. The Morgan fingerprint density at radius 1 is 1.20 bits per heavy atom. The fraction of sp³-hybridized carbons (Fsp3) is 0.105. The third-order valence-corrected chi connectivity index (χ3v) is 3.16. The zero-order valence-corrected chi connectivity index (χ0v) is 13.6. The molecule has 0 aliphatic heterocycles. The number of esters is 1. The monoisotopic (exact) mass is 336 g/mol. The minimum absolute atomic E-state index is 0.425. The number of benzene rings is 2. The lowest BCUT2D eigenvalue weighted by atomic mass is 10.2. The Labute approximate surface area is 145 Å². The molecule has 0 atom stereocenters. The van der Waals surface area contributed by atoms with Crippen LogP contribution in [-0.2, 0) is 14.3 Å². The standard InChI is InChI=1S/C19H16N2O4/c1-24-17-8-3-2-6-15(17)9-10-19(23)25-13-18(22)21-16-7-4-5-14(11-16)12-20/h2-11H,13H2,1H3,(H,21,22). The SMILES string of the molecule is COc1ccccc1C=CC(=O)OCC(=O)Nc1cccc(C#N)c1. The maximum absolute atomic E-state index is 11.8. The first kappa shape index (κ1) is 17.8. The van der Waals surface area contributed by atoms with Crippen molar-refractivity contribution in [2.24, 2.45) is 0 Å². The molecular formula is C19H16N2O4. The van der Waals surface area contributed by atoms with Crippen molar-refractivity contribution in [1.82, 2.24) is 0 Å². The highest BCUT2D eigenvalue weighted by molar-refractivity contribution is 5.94. The average Bonchev–Trinajstić information content (AvgIpc) is 2.65. The van der Waals surface area contributed by atoms with Crippen LogP contribution in [0.4, 0.5) is 5.69 Å². The Morgan fingerprint density at radius 2 is 2.00 bits per heavy atom. The first-order valence-corrected chi connectivity index (χ1v) is 7.40. The molecule has 0 radical (unpaired) electrons. The smallest absolute Gasteiger partial charge is 0.331 e. The van der Waals surface area contributed by atoms with Crippen molar-refractivity contribution in [1.29, 1.82) is 5.26 Å². The van der Waals surface area contributed by atoms with E-state index in [2.05, 4.69) is 5.32 Å². The van der Waals surface area contributed by atoms with Crippen molar-refractivity contribution in [2.45, 2.75) is 0 Å². The number of amides is 1. The number of rotatable bonds is 6. The molecule has 6 heteroatoms. The number of nitriles is 1. The molecule has 0 unspecified atom stereocenters. The first-order valence-electron chi connectivity index (χ1n) is 7.40. The Hall–Kier alpha value is -3.59. The molecule has 0 saturated heterocycles. The van der Waals surface area contributed by atoms with E-state index in [0.717, 1.165) is 5.56 Å². The Bertz CT molecular complexity index is 837. The molecule has 6 nitrogen and oxygen atoms in total. The van der Waals surface area contributed by atoms with Gasteiger partial charge in [0.15, 0.2) is 6.61 Å². The normalized spacial score (nSPS) is 10.1. The summed E-state index contributed by atoms with van der Waals surface area (Å²) < 4.78 is 10.1. The lowest BCUT2D eigenvalue weighted by molar-refractivity contribution is -0.142. The van der Waals surface area contributed by atoms with E-state index >= 15 is 0 Å². The van der Waals surface area contributed by atoms with Gasteiger partial charge in [0.25, 0.3) is 5.91 Å². The molecular weight excluding hydrogens is 320 g/mol. The maximum Gasteiger partial charge on any atom is 0.331 e. The third-order valence-electron chi connectivity index (χ3n) is 3.16. The Kier molecular flexibility index (Phi) is 6.32. The highest BCUT2D eigenvalue weighted by atomic mass is 16.5. The van der Waals surface area contributed by atoms with Crippen LogP contribution in [0.15, 0.2) is 54.6 Å². The van der Waals surface area contributed by atoms with Gasteiger partial charge in [-0.05, 0) is 30.3 Å².